The number of thioether (sulfide) groups is 1. The highest BCUT2D eigenvalue weighted by molar-refractivity contribution is 8.03. The molecule has 3 aliphatic heterocycles. The largest absolute Gasteiger partial charge is 0.456 e. The SMILES string of the molecule is CC(=O)NOC[C@@H]1C[C@H](SC2=C(C(=O)OCc3ccc([N+](=O)[O-])cc3)N3C(=O)[C@H]([C@@H](C)O)[C@H]3[C@H]2C)CN1C(=O)OCc1ccc([N+](=O)[O-])cc1. The van der Waals surface area contributed by atoms with E-state index in [1.807, 2.05) is 6.92 Å². The van der Waals surface area contributed by atoms with E-state index in [2.05, 4.69) is 5.48 Å². The van der Waals surface area contributed by atoms with Crippen LogP contribution in [-0.2, 0) is 41.9 Å². The van der Waals surface area contributed by atoms with Crippen molar-refractivity contribution in [1.29, 1.82) is 0 Å². The van der Waals surface area contributed by atoms with Gasteiger partial charge in [-0.2, -0.15) is 0 Å². The minimum absolute atomic E-state index is 0.0431. The average Bonchev–Trinajstić information content (AvgIpc) is 3.58. The number of hydrogen-bond acceptors (Lipinski definition) is 13. The van der Waals surface area contributed by atoms with Gasteiger partial charge in [-0.05, 0) is 48.7 Å². The highest BCUT2D eigenvalue weighted by atomic mass is 32.2. The zero-order valence-electron chi connectivity index (χ0n) is 27.3. The third kappa shape index (κ3) is 7.71. The Balaban J connectivity index is 1.33. The van der Waals surface area contributed by atoms with E-state index < -0.39 is 57.8 Å². The van der Waals surface area contributed by atoms with Gasteiger partial charge in [0.2, 0.25) is 11.8 Å². The molecule has 0 aliphatic carbocycles. The molecule has 5 rings (SSSR count). The van der Waals surface area contributed by atoms with Crippen molar-refractivity contribution in [3.05, 3.63) is 90.5 Å². The van der Waals surface area contributed by atoms with Crippen LogP contribution in [0.15, 0.2) is 59.1 Å². The monoisotopic (exact) mass is 713 g/mol. The molecule has 266 valence electrons. The predicted octanol–water partition coefficient (Wildman–Crippen LogP) is 3.20. The zero-order valence-corrected chi connectivity index (χ0v) is 28.1. The second-order valence-electron chi connectivity index (χ2n) is 12.2. The average molecular weight is 714 g/mol. The first kappa shape index (κ1) is 36.2. The molecule has 0 unspecified atom stereocenters. The number of esters is 1. The maximum absolute atomic E-state index is 13.6. The van der Waals surface area contributed by atoms with Crippen LogP contribution >= 0.6 is 11.8 Å². The number of likely N-dealkylation sites (tertiary alicyclic amines) is 1. The quantitative estimate of drug-likeness (QED) is 0.132. The molecule has 2 aromatic rings. The van der Waals surface area contributed by atoms with Gasteiger partial charge in [0.1, 0.15) is 18.9 Å². The lowest BCUT2D eigenvalue weighted by atomic mass is 9.79. The van der Waals surface area contributed by atoms with Crippen LogP contribution < -0.4 is 5.48 Å². The Kier molecular flexibility index (Phi) is 11.0. The van der Waals surface area contributed by atoms with Gasteiger partial charge < -0.3 is 24.4 Å². The molecule has 0 saturated carbocycles. The van der Waals surface area contributed by atoms with E-state index in [0.29, 0.717) is 22.5 Å². The second-order valence-corrected chi connectivity index (χ2v) is 13.5. The normalized spacial score (nSPS) is 23.2. The summed E-state index contributed by atoms with van der Waals surface area (Å²) >= 11 is 1.31. The number of nitrogens with zero attached hydrogens (tertiary/aromatic N) is 4. The van der Waals surface area contributed by atoms with E-state index in [9.17, 15) is 44.5 Å². The molecule has 2 aromatic carbocycles. The summed E-state index contributed by atoms with van der Waals surface area (Å²) in [5.41, 5.74) is 3.09. The molecule has 6 atom stereocenters. The smallest absolute Gasteiger partial charge is 0.410 e. The van der Waals surface area contributed by atoms with E-state index >= 15 is 0 Å². The number of carbonyl (C=O) groups is 4. The molecular weight excluding hydrogens is 678 g/mol. The van der Waals surface area contributed by atoms with Crippen molar-refractivity contribution in [3.63, 3.8) is 0 Å². The number of nitro groups is 2. The standard InChI is InChI=1S/C32H35N5O12S/c1-17-27-26(18(2)38)30(40)35(27)28(31(41)47-14-20-4-8-22(9-5-20)36(43)44)29(17)50-25-12-24(16-49-33-19(3)39)34(13-25)32(42)48-15-21-6-10-23(11-7-21)37(45)46/h4-11,17-18,24-27,38H,12-16H2,1-3H3,(H,33,39)/t17-,18-,24+,25+,26-,27-/m1/s1. The van der Waals surface area contributed by atoms with Gasteiger partial charge in [0, 0.05) is 53.8 Å². The van der Waals surface area contributed by atoms with Gasteiger partial charge in [-0.15, -0.1) is 11.8 Å². The number of aliphatic hydroxyl groups excluding tert-OH is 1. The summed E-state index contributed by atoms with van der Waals surface area (Å²) in [4.78, 5) is 81.1. The number of fused-ring (bicyclic) bond motifs is 1. The number of nitrogens with one attached hydrogen (secondary N) is 1. The Labute approximate surface area is 289 Å². The molecule has 0 radical (unpaired) electrons. The number of nitro benzene ring substituents is 2. The summed E-state index contributed by atoms with van der Waals surface area (Å²) in [6, 6.07) is 10.0. The molecule has 3 aliphatic rings. The third-order valence-corrected chi connectivity index (χ3v) is 10.2. The van der Waals surface area contributed by atoms with Crippen molar-refractivity contribution in [2.75, 3.05) is 13.2 Å². The van der Waals surface area contributed by atoms with E-state index in [1.165, 1.54) is 83.9 Å². The lowest BCUT2D eigenvalue weighted by Gasteiger charge is -2.46. The van der Waals surface area contributed by atoms with Gasteiger partial charge in [0.25, 0.3) is 11.4 Å². The summed E-state index contributed by atoms with van der Waals surface area (Å²) in [6.45, 7) is 4.35. The Morgan fingerprint density at radius 3 is 2.08 bits per heavy atom. The number of amides is 3. The third-order valence-electron chi connectivity index (χ3n) is 8.72. The van der Waals surface area contributed by atoms with Crippen LogP contribution in [0.25, 0.3) is 0 Å². The zero-order chi connectivity index (χ0) is 36.3. The minimum Gasteiger partial charge on any atom is -0.456 e. The fraction of sp³-hybridized carbons (Fsp3) is 0.438. The number of carbonyl (C=O) groups excluding carboxylic acids is 4. The number of non-ortho nitro benzene ring substituents is 2. The van der Waals surface area contributed by atoms with Gasteiger partial charge in [-0.25, -0.2) is 15.1 Å². The first-order valence-corrected chi connectivity index (χ1v) is 16.5. The van der Waals surface area contributed by atoms with Crippen LogP contribution in [0.5, 0.6) is 0 Å². The lowest BCUT2D eigenvalue weighted by Crippen LogP contribution is -2.63. The van der Waals surface area contributed by atoms with Crippen molar-refractivity contribution >= 4 is 47.0 Å². The highest BCUT2D eigenvalue weighted by Crippen LogP contribution is 2.52. The highest BCUT2D eigenvalue weighted by Gasteiger charge is 2.60. The van der Waals surface area contributed by atoms with Gasteiger partial charge in [-0.1, -0.05) is 6.92 Å². The van der Waals surface area contributed by atoms with Gasteiger partial charge in [0.05, 0.1) is 40.6 Å². The van der Waals surface area contributed by atoms with Crippen LogP contribution in [0.1, 0.15) is 38.3 Å². The molecule has 2 N–H and O–H groups in total. The fourth-order valence-corrected chi connectivity index (χ4v) is 7.86. The van der Waals surface area contributed by atoms with Crippen LogP contribution in [-0.4, -0.2) is 85.2 Å². The number of hydroxylamine groups is 1. The first-order valence-electron chi connectivity index (χ1n) is 15.6. The number of ether oxygens (including phenoxy) is 2. The molecule has 17 nitrogen and oxygen atoms in total. The Hall–Kier alpha value is -5.07. The number of β-lactam (4-membered cyclic amide) rings is 1. The Morgan fingerprint density at radius 2 is 1.56 bits per heavy atom. The van der Waals surface area contributed by atoms with Crippen molar-refractivity contribution in [2.45, 2.75) is 63.8 Å². The van der Waals surface area contributed by atoms with E-state index in [-0.39, 0.29) is 54.6 Å². The molecule has 18 heteroatoms. The lowest BCUT2D eigenvalue weighted by molar-refractivity contribution is -0.385. The minimum atomic E-state index is -0.962. The molecule has 2 saturated heterocycles. The van der Waals surface area contributed by atoms with E-state index in [0.717, 1.165) is 0 Å². The molecule has 3 amide bonds. The summed E-state index contributed by atoms with van der Waals surface area (Å²) in [7, 11) is 0. The van der Waals surface area contributed by atoms with Crippen LogP contribution in [0.4, 0.5) is 16.2 Å². The summed E-state index contributed by atoms with van der Waals surface area (Å²) < 4.78 is 11.1. The Bertz CT molecular complexity index is 1700. The fourth-order valence-electron chi connectivity index (χ4n) is 6.30. The predicted molar refractivity (Wildman–Crippen MR) is 174 cm³/mol. The molecule has 0 spiro atoms. The van der Waals surface area contributed by atoms with E-state index in [1.54, 1.807) is 0 Å². The number of rotatable bonds is 13. The molecule has 3 heterocycles. The topological polar surface area (TPSA) is 221 Å². The first-order chi connectivity index (χ1) is 23.8. The van der Waals surface area contributed by atoms with Crippen LogP contribution in [0, 0.1) is 32.1 Å². The van der Waals surface area contributed by atoms with Gasteiger partial charge in [-0.3, -0.25) is 34.7 Å². The maximum Gasteiger partial charge on any atom is 0.410 e. The number of aliphatic hydroxyl groups is 1. The van der Waals surface area contributed by atoms with Crippen molar-refractivity contribution in [2.24, 2.45) is 11.8 Å². The second kappa shape index (κ2) is 15.2. The maximum atomic E-state index is 13.6. The summed E-state index contributed by atoms with van der Waals surface area (Å²) in [6.07, 6.45) is -1.29. The Morgan fingerprint density at radius 1 is 1.00 bits per heavy atom. The van der Waals surface area contributed by atoms with Gasteiger partial charge >= 0.3 is 12.1 Å². The van der Waals surface area contributed by atoms with Crippen molar-refractivity contribution < 1.29 is 48.4 Å². The van der Waals surface area contributed by atoms with Crippen LogP contribution in [0.2, 0.25) is 0 Å². The molecule has 0 aromatic heterocycles. The van der Waals surface area contributed by atoms with Crippen LogP contribution in [0.3, 0.4) is 0 Å². The molecular formula is C32H35N5O12S. The number of benzene rings is 2. The summed E-state index contributed by atoms with van der Waals surface area (Å²) in [5.74, 6) is -2.73. The molecule has 50 heavy (non-hydrogen) atoms. The number of hydrogen-bond donors (Lipinski definition) is 2. The van der Waals surface area contributed by atoms with Crippen molar-refractivity contribution in [1.82, 2.24) is 15.3 Å². The molecule has 0 bridgehead atoms. The van der Waals surface area contributed by atoms with Gasteiger partial charge in [0.15, 0.2) is 0 Å². The van der Waals surface area contributed by atoms with Crippen molar-refractivity contribution in [3.8, 4) is 0 Å². The van der Waals surface area contributed by atoms with E-state index in [4.69, 9.17) is 14.3 Å². The molecule has 2 fully saturated rings. The summed E-state index contributed by atoms with van der Waals surface area (Å²) in [5, 5.41) is 32.0.